The summed E-state index contributed by atoms with van der Waals surface area (Å²) in [6, 6.07) is 16.0. The van der Waals surface area contributed by atoms with Crippen molar-refractivity contribution in [3.63, 3.8) is 0 Å². The second-order valence-corrected chi connectivity index (χ2v) is 5.02. The van der Waals surface area contributed by atoms with E-state index in [0.717, 1.165) is 16.6 Å². The van der Waals surface area contributed by atoms with Gasteiger partial charge in [0.05, 0.1) is 5.52 Å². The Morgan fingerprint density at radius 3 is 2.70 bits per heavy atom. The van der Waals surface area contributed by atoms with Gasteiger partial charge < -0.3 is 5.32 Å². The first kappa shape index (κ1) is 12.7. The maximum absolute atomic E-state index is 5.39. The molecule has 0 atom stereocenters. The van der Waals surface area contributed by atoms with Gasteiger partial charge in [0.15, 0.2) is 0 Å². The number of hydrogen-bond acceptors (Lipinski definition) is 3. The van der Waals surface area contributed by atoms with E-state index < -0.39 is 0 Å². The van der Waals surface area contributed by atoms with Crippen LogP contribution in [0.3, 0.4) is 0 Å². The van der Waals surface area contributed by atoms with Crippen molar-refractivity contribution >= 4 is 28.2 Å². The fourth-order valence-electron chi connectivity index (χ4n) is 1.99. The minimum Gasteiger partial charge on any atom is -0.357 e. The molecule has 0 spiro atoms. The number of hydrogen-bond donors (Lipinski definition) is 1. The summed E-state index contributed by atoms with van der Waals surface area (Å²) in [6.45, 7) is 2.56. The number of rotatable bonds is 3. The molecule has 0 bridgehead atoms. The van der Waals surface area contributed by atoms with Crippen LogP contribution in [0.25, 0.3) is 11.0 Å². The summed E-state index contributed by atoms with van der Waals surface area (Å²) in [5.74, 6) is 0. The van der Waals surface area contributed by atoms with Crippen LogP contribution >= 0.6 is 12.2 Å². The van der Waals surface area contributed by atoms with Crippen molar-refractivity contribution in [1.82, 2.24) is 20.3 Å². The molecule has 0 saturated carbocycles. The van der Waals surface area contributed by atoms with Gasteiger partial charge in [-0.25, -0.2) is 4.68 Å². The summed E-state index contributed by atoms with van der Waals surface area (Å²) in [4.78, 5) is 0.713. The smallest absolute Gasteiger partial charge is 0.113 e. The number of thiocarbonyl (C=S) groups is 1. The Hall–Kier alpha value is -2.27. The lowest BCUT2D eigenvalue weighted by Gasteiger charge is -2.08. The van der Waals surface area contributed by atoms with Crippen molar-refractivity contribution in [3.05, 3.63) is 59.7 Å². The Morgan fingerprint density at radius 1 is 1.15 bits per heavy atom. The Labute approximate surface area is 122 Å². The van der Waals surface area contributed by atoms with Crippen LogP contribution < -0.4 is 5.32 Å². The monoisotopic (exact) mass is 282 g/mol. The number of nitrogens with zero attached hydrogens (tertiary/aromatic N) is 3. The molecule has 3 aromatic rings. The van der Waals surface area contributed by atoms with Gasteiger partial charge in [0.1, 0.15) is 17.2 Å². The van der Waals surface area contributed by atoms with E-state index in [1.54, 1.807) is 4.68 Å². The summed E-state index contributed by atoms with van der Waals surface area (Å²) in [5, 5.41) is 11.4. The largest absolute Gasteiger partial charge is 0.357 e. The zero-order chi connectivity index (χ0) is 13.9. The first-order valence-electron chi connectivity index (χ1n) is 6.37. The molecule has 0 aliphatic carbocycles. The van der Waals surface area contributed by atoms with Crippen LogP contribution in [0.1, 0.15) is 11.1 Å². The van der Waals surface area contributed by atoms with Crippen molar-refractivity contribution in [3.8, 4) is 0 Å². The highest BCUT2D eigenvalue weighted by molar-refractivity contribution is 7.80. The predicted octanol–water partition coefficient (Wildman–Crippen LogP) is 2.66. The van der Waals surface area contributed by atoms with E-state index in [9.17, 15) is 0 Å². The van der Waals surface area contributed by atoms with Crippen LogP contribution in [0.5, 0.6) is 0 Å². The lowest BCUT2D eigenvalue weighted by Crippen LogP contribution is -2.25. The van der Waals surface area contributed by atoms with Crippen LogP contribution in [0.15, 0.2) is 48.5 Å². The van der Waals surface area contributed by atoms with Gasteiger partial charge in [0.25, 0.3) is 0 Å². The van der Waals surface area contributed by atoms with Crippen LogP contribution in [0.4, 0.5) is 0 Å². The second kappa shape index (κ2) is 5.38. The quantitative estimate of drug-likeness (QED) is 0.750. The molecule has 100 valence electrons. The number of aryl methyl sites for hydroxylation is 1. The molecule has 0 fully saturated rings. The molecular formula is C15H14N4S. The van der Waals surface area contributed by atoms with Gasteiger partial charge in [-0.15, -0.1) is 5.10 Å². The third-order valence-corrected chi connectivity index (χ3v) is 3.50. The van der Waals surface area contributed by atoms with E-state index >= 15 is 0 Å². The highest BCUT2D eigenvalue weighted by atomic mass is 32.1. The molecule has 0 saturated heterocycles. The van der Waals surface area contributed by atoms with E-state index in [1.807, 2.05) is 48.5 Å². The minimum absolute atomic E-state index is 0.507. The lowest BCUT2D eigenvalue weighted by molar-refractivity contribution is 0.587. The highest BCUT2D eigenvalue weighted by Crippen LogP contribution is 2.09. The fraction of sp³-hybridized carbons (Fsp3) is 0.133. The third kappa shape index (κ3) is 2.53. The van der Waals surface area contributed by atoms with Gasteiger partial charge in [-0.3, -0.25) is 0 Å². The molecule has 0 aliphatic rings. The Morgan fingerprint density at radius 2 is 1.90 bits per heavy atom. The van der Waals surface area contributed by atoms with E-state index in [2.05, 4.69) is 22.6 Å². The molecule has 1 heterocycles. The molecule has 1 N–H and O–H groups in total. The van der Waals surface area contributed by atoms with E-state index in [4.69, 9.17) is 12.2 Å². The lowest BCUT2D eigenvalue weighted by atomic mass is 10.1. The summed E-state index contributed by atoms with van der Waals surface area (Å²) >= 11 is 5.39. The first-order chi connectivity index (χ1) is 9.74. The van der Waals surface area contributed by atoms with Gasteiger partial charge in [-0.2, -0.15) is 0 Å². The van der Waals surface area contributed by atoms with E-state index in [1.165, 1.54) is 5.56 Å². The molecule has 20 heavy (non-hydrogen) atoms. The first-order valence-corrected chi connectivity index (χ1v) is 6.78. The molecule has 1 aromatic heterocycles. The van der Waals surface area contributed by atoms with Crippen LogP contribution in [-0.2, 0) is 6.67 Å². The van der Waals surface area contributed by atoms with Crippen molar-refractivity contribution < 1.29 is 0 Å². The molecule has 0 amide bonds. The zero-order valence-corrected chi connectivity index (χ0v) is 11.9. The normalized spacial score (nSPS) is 10.7. The molecule has 0 unspecified atom stereocenters. The number of aromatic nitrogens is 3. The van der Waals surface area contributed by atoms with Gasteiger partial charge in [0, 0.05) is 5.56 Å². The maximum Gasteiger partial charge on any atom is 0.113 e. The van der Waals surface area contributed by atoms with Crippen molar-refractivity contribution in [1.29, 1.82) is 0 Å². The summed E-state index contributed by atoms with van der Waals surface area (Å²) in [5.41, 5.74) is 4.11. The Kier molecular flexibility index (Phi) is 3.43. The molecule has 2 aromatic carbocycles. The van der Waals surface area contributed by atoms with Crippen molar-refractivity contribution in [2.24, 2.45) is 0 Å². The zero-order valence-electron chi connectivity index (χ0n) is 11.1. The van der Waals surface area contributed by atoms with E-state index in [0.29, 0.717) is 11.7 Å². The average molecular weight is 282 g/mol. The highest BCUT2D eigenvalue weighted by Gasteiger charge is 2.04. The molecule has 4 nitrogen and oxygen atoms in total. The maximum atomic E-state index is 5.39. The third-order valence-electron chi connectivity index (χ3n) is 3.12. The minimum atomic E-state index is 0.507. The molecule has 0 aliphatic heterocycles. The van der Waals surface area contributed by atoms with Gasteiger partial charge in [0.2, 0.25) is 0 Å². The molecule has 5 heteroatoms. The van der Waals surface area contributed by atoms with Crippen LogP contribution in [-0.4, -0.2) is 20.0 Å². The van der Waals surface area contributed by atoms with Gasteiger partial charge >= 0.3 is 0 Å². The Bertz CT molecular complexity index is 746. The van der Waals surface area contributed by atoms with Crippen molar-refractivity contribution in [2.45, 2.75) is 13.6 Å². The van der Waals surface area contributed by atoms with Crippen LogP contribution in [0.2, 0.25) is 0 Å². The van der Waals surface area contributed by atoms with E-state index in [-0.39, 0.29) is 0 Å². The van der Waals surface area contributed by atoms with Crippen LogP contribution in [0, 0.1) is 6.92 Å². The van der Waals surface area contributed by atoms with Gasteiger partial charge in [-0.1, -0.05) is 59.4 Å². The topological polar surface area (TPSA) is 42.7 Å². The molecule has 0 radical (unpaired) electrons. The second-order valence-electron chi connectivity index (χ2n) is 4.61. The summed E-state index contributed by atoms with van der Waals surface area (Å²) in [6.07, 6.45) is 0. The number of fused-ring (bicyclic) bond motifs is 1. The Balaban J connectivity index is 1.73. The SMILES string of the molecule is Cc1ccc(C(=S)NCn2nnc3ccccc32)cc1. The van der Waals surface area contributed by atoms with Crippen molar-refractivity contribution in [2.75, 3.05) is 0 Å². The number of nitrogens with one attached hydrogen (secondary N) is 1. The number of para-hydroxylation sites is 1. The van der Waals surface area contributed by atoms with Gasteiger partial charge in [-0.05, 0) is 19.1 Å². The predicted molar refractivity (Wildman–Crippen MR) is 83.5 cm³/mol. The fourth-order valence-corrected chi connectivity index (χ4v) is 2.19. The molecule has 3 rings (SSSR count). The summed E-state index contributed by atoms with van der Waals surface area (Å²) < 4.78 is 1.80. The standard InChI is InChI=1S/C15H14N4S/c1-11-6-8-12(9-7-11)15(20)16-10-19-14-5-3-2-4-13(14)17-18-19/h2-9H,10H2,1H3,(H,16,20). The summed E-state index contributed by atoms with van der Waals surface area (Å²) in [7, 11) is 0. The number of benzene rings is 2. The average Bonchev–Trinajstić information content (AvgIpc) is 2.89. The molecular weight excluding hydrogens is 268 g/mol.